The zero-order valence-electron chi connectivity index (χ0n) is 12.9. The highest BCUT2D eigenvalue weighted by Gasteiger charge is 2.33. The van der Waals surface area contributed by atoms with E-state index in [4.69, 9.17) is 8.94 Å². The van der Waals surface area contributed by atoms with Crippen LogP contribution in [0.1, 0.15) is 11.8 Å². The van der Waals surface area contributed by atoms with E-state index in [0.29, 0.717) is 24.0 Å². The monoisotopic (exact) mass is 324 g/mol. The minimum atomic E-state index is -0.0264. The van der Waals surface area contributed by atoms with Crippen molar-refractivity contribution in [2.24, 2.45) is 0 Å². The molecule has 0 spiro atoms. The van der Waals surface area contributed by atoms with E-state index in [1.54, 1.807) is 18.4 Å². The summed E-state index contributed by atoms with van der Waals surface area (Å²) in [6.45, 7) is 1.80. The summed E-state index contributed by atoms with van der Waals surface area (Å²) in [4.78, 5) is 18.4. The van der Waals surface area contributed by atoms with Gasteiger partial charge in [-0.3, -0.25) is 9.69 Å². The molecule has 3 heterocycles. The van der Waals surface area contributed by atoms with Gasteiger partial charge in [0.15, 0.2) is 5.76 Å². The fourth-order valence-electron chi connectivity index (χ4n) is 2.69. The SMILES string of the molecule is O=C(CN1CC(c2nc(-c3ccco3)no2)C1)Nc1ccccc1. The van der Waals surface area contributed by atoms with Crippen LogP contribution in [0.3, 0.4) is 0 Å². The number of amides is 1. The maximum absolute atomic E-state index is 12.0. The zero-order valence-corrected chi connectivity index (χ0v) is 12.9. The third-order valence-corrected chi connectivity index (χ3v) is 3.91. The largest absolute Gasteiger partial charge is 0.461 e. The first kappa shape index (κ1) is 14.6. The van der Waals surface area contributed by atoms with Crippen LogP contribution in [0.2, 0.25) is 0 Å². The lowest BCUT2D eigenvalue weighted by Gasteiger charge is -2.36. The van der Waals surface area contributed by atoms with Gasteiger partial charge in [0.2, 0.25) is 17.6 Å². The quantitative estimate of drug-likeness (QED) is 0.775. The Bertz CT molecular complexity index is 808. The number of carbonyl (C=O) groups is 1. The molecule has 24 heavy (non-hydrogen) atoms. The number of hydrogen-bond donors (Lipinski definition) is 1. The van der Waals surface area contributed by atoms with Gasteiger partial charge in [0.25, 0.3) is 0 Å². The van der Waals surface area contributed by atoms with E-state index in [2.05, 4.69) is 15.5 Å². The van der Waals surface area contributed by atoms with Gasteiger partial charge in [0.05, 0.1) is 18.7 Å². The molecule has 3 aromatic rings. The summed E-state index contributed by atoms with van der Waals surface area (Å²) < 4.78 is 10.5. The average Bonchev–Trinajstić information content (AvgIpc) is 3.22. The molecule has 7 nitrogen and oxygen atoms in total. The smallest absolute Gasteiger partial charge is 0.238 e. The van der Waals surface area contributed by atoms with Crippen LogP contribution in [0.5, 0.6) is 0 Å². The van der Waals surface area contributed by atoms with Crippen LogP contribution in [-0.2, 0) is 4.79 Å². The highest BCUT2D eigenvalue weighted by Crippen LogP contribution is 2.27. The first-order valence-electron chi connectivity index (χ1n) is 7.72. The van der Waals surface area contributed by atoms with Gasteiger partial charge in [0, 0.05) is 18.8 Å². The minimum Gasteiger partial charge on any atom is -0.461 e. The topological polar surface area (TPSA) is 84.4 Å². The molecule has 1 amide bonds. The van der Waals surface area contributed by atoms with Crippen molar-refractivity contribution in [1.29, 1.82) is 0 Å². The Morgan fingerprint density at radius 3 is 2.79 bits per heavy atom. The average molecular weight is 324 g/mol. The molecule has 1 aliphatic rings. The summed E-state index contributed by atoms with van der Waals surface area (Å²) in [5, 5.41) is 6.80. The number of benzene rings is 1. The predicted molar refractivity (Wildman–Crippen MR) is 86.3 cm³/mol. The first-order chi connectivity index (χ1) is 11.8. The van der Waals surface area contributed by atoms with Crippen LogP contribution in [0.4, 0.5) is 5.69 Å². The second kappa shape index (κ2) is 6.29. The zero-order chi connectivity index (χ0) is 16.4. The summed E-state index contributed by atoms with van der Waals surface area (Å²) in [6, 6.07) is 13.0. The van der Waals surface area contributed by atoms with Crippen LogP contribution >= 0.6 is 0 Å². The first-order valence-corrected chi connectivity index (χ1v) is 7.72. The van der Waals surface area contributed by atoms with E-state index in [-0.39, 0.29) is 11.8 Å². The summed E-state index contributed by atoms with van der Waals surface area (Å²) in [7, 11) is 0. The lowest BCUT2D eigenvalue weighted by atomic mass is 10.0. The Kier molecular flexibility index (Phi) is 3.84. The fourth-order valence-corrected chi connectivity index (χ4v) is 2.69. The number of carbonyl (C=O) groups excluding carboxylic acids is 1. The Morgan fingerprint density at radius 1 is 1.21 bits per heavy atom. The number of nitrogens with zero attached hydrogens (tertiary/aromatic N) is 3. The molecule has 0 unspecified atom stereocenters. The molecule has 1 fully saturated rings. The molecule has 122 valence electrons. The van der Waals surface area contributed by atoms with E-state index in [1.165, 1.54) is 0 Å². The lowest BCUT2D eigenvalue weighted by molar-refractivity contribution is -0.118. The molecule has 1 N–H and O–H groups in total. The highest BCUT2D eigenvalue weighted by atomic mass is 16.5. The number of rotatable bonds is 5. The normalized spacial score (nSPS) is 15.2. The number of hydrogen-bond acceptors (Lipinski definition) is 6. The Morgan fingerprint density at radius 2 is 2.04 bits per heavy atom. The van der Waals surface area contributed by atoms with Gasteiger partial charge >= 0.3 is 0 Å². The summed E-state index contributed by atoms with van der Waals surface area (Å²) in [5.41, 5.74) is 0.805. The summed E-state index contributed by atoms with van der Waals surface area (Å²) >= 11 is 0. The third-order valence-electron chi connectivity index (χ3n) is 3.91. The molecule has 0 bridgehead atoms. The van der Waals surface area contributed by atoms with Gasteiger partial charge in [-0.05, 0) is 24.3 Å². The Labute approximate surface area is 138 Å². The Hall–Kier alpha value is -2.93. The van der Waals surface area contributed by atoms with Crippen molar-refractivity contribution in [3.63, 3.8) is 0 Å². The van der Waals surface area contributed by atoms with Crippen molar-refractivity contribution in [2.75, 3.05) is 25.0 Å². The molecule has 0 radical (unpaired) electrons. The number of furan rings is 1. The molecular weight excluding hydrogens is 308 g/mol. The third kappa shape index (κ3) is 3.07. The van der Waals surface area contributed by atoms with Crippen molar-refractivity contribution < 1.29 is 13.7 Å². The summed E-state index contributed by atoms with van der Waals surface area (Å²) in [5.74, 6) is 1.76. The standard InChI is InChI=1S/C17H16N4O3/c22-15(18-13-5-2-1-3-6-13)11-21-9-12(10-21)17-19-16(20-24-17)14-7-4-8-23-14/h1-8,12H,9-11H2,(H,18,22). The van der Waals surface area contributed by atoms with E-state index in [9.17, 15) is 4.79 Å². The van der Waals surface area contributed by atoms with Crippen molar-refractivity contribution in [3.8, 4) is 11.6 Å². The van der Waals surface area contributed by atoms with Crippen molar-refractivity contribution in [1.82, 2.24) is 15.0 Å². The molecule has 1 aliphatic heterocycles. The van der Waals surface area contributed by atoms with Crippen molar-refractivity contribution in [2.45, 2.75) is 5.92 Å². The molecule has 7 heteroatoms. The van der Waals surface area contributed by atoms with Crippen LogP contribution in [0.15, 0.2) is 57.7 Å². The number of para-hydroxylation sites is 1. The van der Waals surface area contributed by atoms with Gasteiger partial charge in [-0.2, -0.15) is 4.98 Å². The van der Waals surface area contributed by atoms with E-state index in [0.717, 1.165) is 18.8 Å². The predicted octanol–water partition coefficient (Wildman–Crippen LogP) is 2.37. The van der Waals surface area contributed by atoms with Gasteiger partial charge in [-0.25, -0.2) is 0 Å². The molecule has 0 atom stereocenters. The molecule has 0 saturated carbocycles. The van der Waals surface area contributed by atoms with Crippen molar-refractivity contribution in [3.05, 3.63) is 54.6 Å². The molecule has 1 aromatic carbocycles. The van der Waals surface area contributed by atoms with Crippen LogP contribution < -0.4 is 5.32 Å². The van der Waals surface area contributed by atoms with Crippen molar-refractivity contribution >= 4 is 11.6 Å². The van der Waals surface area contributed by atoms with E-state index in [1.807, 2.05) is 35.2 Å². The van der Waals surface area contributed by atoms with Crippen LogP contribution in [0, 0.1) is 0 Å². The highest BCUT2D eigenvalue weighted by molar-refractivity contribution is 5.92. The van der Waals surface area contributed by atoms with Gasteiger partial charge in [-0.1, -0.05) is 23.4 Å². The molecule has 0 aliphatic carbocycles. The number of anilines is 1. The number of nitrogens with one attached hydrogen (secondary N) is 1. The van der Waals surface area contributed by atoms with Gasteiger partial charge in [0.1, 0.15) is 0 Å². The second-order valence-corrected chi connectivity index (χ2v) is 5.74. The lowest BCUT2D eigenvalue weighted by Crippen LogP contribution is -2.48. The minimum absolute atomic E-state index is 0.0264. The van der Waals surface area contributed by atoms with Crippen LogP contribution in [0.25, 0.3) is 11.6 Å². The molecule has 1 saturated heterocycles. The number of aromatic nitrogens is 2. The molecule has 2 aromatic heterocycles. The summed E-state index contributed by atoms with van der Waals surface area (Å²) in [6.07, 6.45) is 1.57. The molecular formula is C17H16N4O3. The second-order valence-electron chi connectivity index (χ2n) is 5.74. The van der Waals surface area contributed by atoms with E-state index >= 15 is 0 Å². The molecule has 4 rings (SSSR count). The maximum atomic E-state index is 12.0. The number of likely N-dealkylation sites (tertiary alicyclic amines) is 1. The maximum Gasteiger partial charge on any atom is 0.238 e. The fraction of sp³-hybridized carbons (Fsp3) is 0.235. The Balaban J connectivity index is 1.28. The van der Waals surface area contributed by atoms with E-state index < -0.39 is 0 Å². The van der Waals surface area contributed by atoms with Crippen LogP contribution in [-0.4, -0.2) is 40.6 Å². The van der Waals surface area contributed by atoms with Gasteiger partial charge < -0.3 is 14.3 Å². The van der Waals surface area contributed by atoms with Gasteiger partial charge in [-0.15, -0.1) is 0 Å².